The van der Waals surface area contributed by atoms with Crippen molar-refractivity contribution in [2.24, 2.45) is 0 Å². The van der Waals surface area contributed by atoms with Crippen molar-refractivity contribution in [3.63, 3.8) is 0 Å². The smallest absolute Gasteiger partial charge is 0.220 e. The third-order valence-corrected chi connectivity index (χ3v) is 3.16. The van der Waals surface area contributed by atoms with Crippen LogP contribution in [-0.2, 0) is 4.79 Å². The lowest BCUT2D eigenvalue weighted by Gasteiger charge is -2.17. The number of carbonyl (C=O) groups excluding carboxylic acids is 1. The molecule has 1 rings (SSSR count). The Kier molecular flexibility index (Phi) is 5.77. The molecule has 1 atom stereocenters. The Labute approximate surface area is 115 Å². The molecule has 0 saturated heterocycles. The van der Waals surface area contributed by atoms with E-state index in [1.807, 2.05) is 20.8 Å². The zero-order valence-electron chi connectivity index (χ0n) is 12.0. The van der Waals surface area contributed by atoms with Crippen LogP contribution in [0, 0.1) is 20.8 Å². The lowest BCUT2D eigenvalue weighted by atomic mass is 9.93. The first-order valence-electron chi connectivity index (χ1n) is 6.59. The molecule has 0 aliphatic rings. The van der Waals surface area contributed by atoms with E-state index >= 15 is 0 Å². The zero-order chi connectivity index (χ0) is 14.4. The molecule has 0 spiro atoms. The Balaban J connectivity index is 2.66. The number of benzene rings is 1. The molecule has 19 heavy (non-hydrogen) atoms. The average Bonchev–Trinajstić information content (AvgIpc) is 2.32. The second-order valence-electron chi connectivity index (χ2n) is 4.96. The summed E-state index contributed by atoms with van der Waals surface area (Å²) in [5, 5.41) is 13.0. The van der Waals surface area contributed by atoms with Crippen molar-refractivity contribution >= 4 is 5.91 Å². The van der Waals surface area contributed by atoms with E-state index in [4.69, 9.17) is 0 Å². The van der Waals surface area contributed by atoms with Crippen LogP contribution in [0.1, 0.15) is 41.2 Å². The molecule has 0 fully saturated rings. The van der Waals surface area contributed by atoms with E-state index in [0.29, 0.717) is 19.4 Å². The fourth-order valence-corrected chi connectivity index (χ4v) is 2.40. The second-order valence-corrected chi connectivity index (χ2v) is 4.96. The summed E-state index contributed by atoms with van der Waals surface area (Å²) in [4.78, 5) is 11.5. The van der Waals surface area contributed by atoms with Crippen molar-refractivity contribution < 1.29 is 9.90 Å². The maximum atomic E-state index is 11.5. The van der Waals surface area contributed by atoms with Gasteiger partial charge in [0.15, 0.2) is 0 Å². The van der Waals surface area contributed by atoms with Gasteiger partial charge in [0.25, 0.3) is 0 Å². The van der Waals surface area contributed by atoms with E-state index in [-0.39, 0.29) is 5.91 Å². The minimum atomic E-state index is -0.588. The molecule has 1 aromatic rings. The molecule has 3 nitrogen and oxygen atoms in total. The fourth-order valence-electron chi connectivity index (χ4n) is 2.40. The van der Waals surface area contributed by atoms with Crippen LogP contribution in [0.15, 0.2) is 24.8 Å². The van der Waals surface area contributed by atoms with Gasteiger partial charge in [-0.1, -0.05) is 23.8 Å². The van der Waals surface area contributed by atoms with E-state index in [9.17, 15) is 9.90 Å². The molecule has 0 bridgehead atoms. The SMILES string of the molecule is C=CCNC(=O)CCC(O)c1c(C)cc(C)cc1C. The number of hydrogen-bond acceptors (Lipinski definition) is 2. The molecule has 2 N–H and O–H groups in total. The largest absolute Gasteiger partial charge is 0.388 e. The van der Waals surface area contributed by atoms with E-state index in [2.05, 4.69) is 24.0 Å². The van der Waals surface area contributed by atoms with E-state index in [0.717, 1.165) is 16.7 Å². The van der Waals surface area contributed by atoms with Gasteiger partial charge >= 0.3 is 0 Å². The molecule has 1 unspecified atom stereocenters. The van der Waals surface area contributed by atoms with Crippen molar-refractivity contribution in [2.45, 2.75) is 39.7 Å². The van der Waals surface area contributed by atoms with Gasteiger partial charge in [0.1, 0.15) is 0 Å². The molecular formula is C16H23NO2. The molecular weight excluding hydrogens is 238 g/mol. The fraction of sp³-hybridized carbons (Fsp3) is 0.438. The van der Waals surface area contributed by atoms with Crippen LogP contribution >= 0.6 is 0 Å². The Morgan fingerprint density at radius 2 is 1.95 bits per heavy atom. The Morgan fingerprint density at radius 1 is 1.37 bits per heavy atom. The number of aryl methyl sites for hydroxylation is 3. The Morgan fingerprint density at radius 3 is 2.47 bits per heavy atom. The van der Waals surface area contributed by atoms with E-state index in [1.165, 1.54) is 5.56 Å². The van der Waals surface area contributed by atoms with Gasteiger partial charge in [-0.05, 0) is 43.9 Å². The van der Waals surface area contributed by atoms with Crippen LogP contribution in [0.3, 0.4) is 0 Å². The topological polar surface area (TPSA) is 49.3 Å². The van der Waals surface area contributed by atoms with Gasteiger partial charge in [-0.25, -0.2) is 0 Å². The van der Waals surface area contributed by atoms with Gasteiger partial charge in [-0.2, -0.15) is 0 Å². The highest BCUT2D eigenvalue weighted by atomic mass is 16.3. The predicted octanol–water partition coefficient (Wildman–Crippen LogP) is 2.73. The van der Waals surface area contributed by atoms with Crippen LogP contribution in [0.25, 0.3) is 0 Å². The molecule has 1 aromatic carbocycles. The average molecular weight is 261 g/mol. The normalized spacial score (nSPS) is 12.0. The maximum Gasteiger partial charge on any atom is 0.220 e. The number of amides is 1. The lowest BCUT2D eigenvalue weighted by molar-refractivity contribution is -0.121. The first-order chi connectivity index (χ1) is 8.95. The monoisotopic (exact) mass is 261 g/mol. The summed E-state index contributed by atoms with van der Waals surface area (Å²) in [6.45, 7) is 10.0. The molecule has 1 amide bonds. The summed E-state index contributed by atoms with van der Waals surface area (Å²) in [6, 6.07) is 4.12. The minimum Gasteiger partial charge on any atom is -0.388 e. The number of hydrogen-bond donors (Lipinski definition) is 2. The first-order valence-corrected chi connectivity index (χ1v) is 6.59. The summed E-state index contributed by atoms with van der Waals surface area (Å²) < 4.78 is 0. The maximum absolute atomic E-state index is 11.5. The summed E-state index contributed by atoms with van der Waals surface area (Å²) in [6.07, 6.45) is 1.81. The van der Waals surface area contributed by atoms with Crippen molar-refractivity contribution in [1.29, 1.82) is 0 Å². The summed E-state index contributed by atoms with van der Waals surface area (Å²) in [5.74, 6) is -0.0543. The van der Waals surface area contributed by atoms with Gasteiger partial charge in [0, 0.05) is 13.0 Å². The summed E-state index contributed by atoms with van der Waals surface area (Å²) >= 11 is 0. The third-order valence-electron chi connectivity index (χ3n) is 3.16. The van der Waals surface area contributed by atoms with Crippen LogP contribution in [0.2, 0.25) is 0 Å². The first kappa shape index (κ1) is 15.4. The van der Waals surface area contributed by atoms with E-state index in [1.54, 1.807) is 6.08 Å². The van der Waals surface area contributed by atoms with Crippen molar-refractivity contribution in [2.75, 3.05) is 6.54 Å². The number of rotatable bonds is 6. The van der Waals surface area contributed by atoms with Crippen molar-refractivity contribution in [1.82, 2.24) is 5.32 Å². The molecule has 0 aromatic heterocycles. The molecule has 0 heterocycles. The predicted molar refractivity (Wildman–Crippen MR) is 78.1 cm³/mol. The number of nitrogens with one attached hydrogen (secondary N) is 1. The Bertz CT molecular complexity index is 443. The van der Waals surface area contributed by atoms with Crippen LogP contribution in [0.4, 0.5) is 0 Å². The van der Waals surface area contributed by atoms with Crippen molar-refractivity contribution in [3.8, 4) is 0 Å². The van der Waals surface area contributed by atoms with Crippen molar-refractivity contribution in [3.05, 3.63) is 47.0 Å². The van der Waals surface area contributed by atoms with Crippen LogP contribution in [-0.4, -0.2) is 17.6 Å². The number of aliphatic hydroxyl groups excluding tert-OH is 1. The molecule has 0 aliphatic heterocycles. The van der Waals surface area contributed by atoms with Gasteiger partial charge in [-0.15, -0.1) is 6.58 Å². The highest BCUT2D eigenvalue weighted by Gasteiger charge is 2.15. The molecule has 0 aliphatic carbocycles. The quantitative estimate of drug-likeness (QED) is 0.774. The lowest BCUT2D eigenvalue weighted by Crippen LogP contribution is -2.23. The van der Waals surface area contributed by atoms with Gasteiger partial charge in [0.05, 0.1) is 6.10 Å². The number of aliphatic hydroxyl groups is 1. The molecule has 104 valence electrons. The van der Waals surface area contributed by atoms with Crippen LogP contribution in [0.5, 0.6) is 0 Å². The summed E-state index contributed by atoms with van der Waals surface area (Å²) in [7, 11) is 0. The third kappa shape index (κ3) is 4.52. The van der Waals surface area contributed by atoms with E-state index < -0.39 is 6.10 Å². The zero-order valence-corrected chi connectivity index (χ0v) is 12.0. The molecule has 0 saturated carbocycles. The standard InChI is InChI=1S/C16H23NO2/c1-5-8-17-15(19)7-6-14(18)16-12(3)9-11(2)10-13(16)4/h5,9-10,14,18H,1,6-8H2,2-4H3,(H,17,19). The van der Waals surface area contributed by atoms with Gasteiger partial charge < -0.3 is 10.4 Å². The highest BCUT2D eigenvalue weighted by molar-refractivity contribution is 5.76. The Hall–Kier alpha value is -1.61. The van der Waals surface area contributed by atoms with Gasteiger partial charge in [0.2, 0.25) is 5.91 Å². The highest BCUT2D eigenvalue weighted by Crippen LogP contribution is 2.26. The second kappa shape index (κ2) is 7.10. The number of carbonyl (C=O) groups is 1. The van der Waals surface area contributed by atoms with Gasteiger partial charge in [-0.3, -0.25) is 4.79 Å². The van der Waals surface area contributed by atoms with Crippen LogP contribution < -0.4 is 5.32 Å². The summed E-state index contributed by atoms with van der Waals surface area (Å²) in [5.41, 5.74) is 4.30. The molecule has 0 radical (unpaired) electrons. The minimum absolute atomic E-state index is 0.0543. The molecule has 3 heteroatoms.